The van der Waals surface area contributed by atoms with E-state index in [2.05, 4.69) is 15.4 Å². The van der Waals surface area contributed by atoms with E-state index < -0.39 is 0 Å². The second kappa shape index (κ2) is 7.96. The number of amides is 1. The van der Waals surface area contributed by atoms with Gasteiger partial charge in [0.1, 0.15) is 11.7 Å². The van der Waals surface area contributed by atoms with E-state index in [-0.39, 0.29) is 17.4 Å². The summed E-state index contributed by atoms with van der Waals surface area (Å²) in [5, 5.41) is 7.79. The Labute approximate surface area is 163 Å². The fraction of sp³-hybridized carbons (Fsp3) is 0.429. The predicted octanol–water partition coefficient (Wildman–Crippen LogP) is 2.26. The maximum Gasteiger partial charge on any atom is 0.264 e. The Bertz CT molecular complexity index is 1050. The first-order valence-electron chi connectivity index (χ1n) is 9.86. The molecule has 0 unspecified atom stereocenters. The third-order valence-electron chi connectivity index (χ3n) is 5.57. The number of rotatable bonds is 6. The number of nitrogens with zero attached hydrogens (tertiary/aromatic N) is 4. The van der Waals surface area contributed by atoms with Crippen molar-refractivity contribution in [3.8, 4) is 0 Å². The number of aromatic nitrogens is 4. The fourth-order valence-corrected chi connectivity index (χ4v) is 3.86. The maximum atomic E-state index is 12.8. The van der Waals surface area contributed by atoms with E-state index in [9.17, 15) is 9.59 Å². The fourth-order valence-electron chi connectivity index (χ4n) is 3.86. The van der Waals surface area contributed by atoms with Gasteiger partial charge in [-0.3, -0.25) is 14.2 Å². The molecule has 2 aromatic heterocycles. The van der Waals surface area contributed by atoms with Crippen LogP contribution < -0.4 is 10.9 Å². The molecule has 1 aliphatic rings. The van der Waals surface area contributed by atoms with Gasteiger partial charge in [-0.15, -0.1) is 0 Å². The zero-order valence-electron chi connectivity index (χ0n) is 16.1. The molecule has 1 amide bonds. The predicted molar refractivity (Wildman–Crippen MR) is 107 cm³/mol. The van der Waals surface area contributed by atoms with Crippen LogP contribution in [-0.4, -0.2) is 31.8 Å². The summed E-state index contributed by atoms with van der Waals surface area (Å²) in [4.78, 5) is 29.4. The molecule has 7 heteroatoms. The summed E-state index contributed by atoms with van der Waals surface area (Å²) in [5.41, 5.74) is 2.69. The minimum atomic E-state index is -0.102. The molecule has 7 nitrogen and oxygen atoms in total. The lowest BCUT2D eigenvalue weighted by Crippen LogP contribution is -2.32. The summed E-state index contributed by atoms with van der Waals surface area (Å²) in [7, 11) is 0. The molecule has 4 rings (SSSR count). The normalized spacial score (nSPS) is 14.6. The average Bonchev–Trinajstić information content (AvgIpc) is 3.36. The monoisotopic (exact) mass is 379 g/mol. The Hall–Kier alpha value is -2.96. The van der Waals surface area contributed by atoms with Crippen molar-refractivity contribution < 1.29 is 4.79 Å². The Morgan fingerprint density at radius 1 is 1.25 bits per heavy atom. The molecular weight excluding hydrogens is 354 g/mol. The zero-order valence-corrected chi connectivity index (χ0v) is 16.1. The topological polar surface area (TPSA) is 81.8 Å². The first-order chi connectivity index (χ1) is 13.6. The van der Waals surface area contributed by atoms with Crippen molar-refractivity contribution in [3.63, 3.8) is 0 Å². The van der Waals surface area contributed by atoms with Gasteiger partial charge < -0.3 is 5.32 Å². The van der Waals surface area contributed by atoms with Crippen molar-refractivity contribution in [1.29, 1.82) is 0 Å². The molecular formula is C21H25N5O2. The molecule has 1 N–H and O–H groups in total. The Morgan fingerprint density at radius 2 is 2.04 bits per heavy atom. The third kappa shape index (κ3) is 3.69. The Balaban J connectivity index is 1.46. The van der Waals surface area contributed by atoms with Crippen LogP contribution in [0.4, 0.5) is 0 Å². The van der Waals surface area contributed by atoms with Gasteiger partial charge in [-0.2, -0.15) is 5.10 Å². The highest BCUT2D eigenvalue weighted by atomic mass is 16.2. The van der Waals surface area contributed by atoms with Crippen molar-refractivity contribution in [2.24, 2.45) is 5.92 Å². The number of fused-ring (bicyclic) bond motifs is 1. The molecule has 0 spiro atoms. The minimum Gasteiger partial charge on any atom is -0.354 e. The summed E-state index contributed by atoms with van der Waals surface area (Å²) in [6, 6.07) is 8.00. The van der Waals surface area contributed by atoms with Crippen LogP contribution >= 0.6 is 0 Å². The maximum absolute atomic E-state index is 12.8. The lowest BCUT2D eigenvalue weighted by molar-refractivity contribution is -0.124. The van der Waals surface area contributed by atoms with E-state index in [0.717, 1.165) is 36.8 Å². The van der Waals surface area contributed by atoms with E-state index >= 15 is 0 Å². The van der Waals surface area contributed by atoms with Crippen LogP contribution in [0.2, 0.25) is 0 Å². The number of hydrogen-bond donors (Lipinski definition) is 1. The van der Waals surface area contributed by atoms with Crippen molar-refractivity contribution in [1.82, 2.24) is 24.6 Å². The first-order valence-corrected chi connectivity index (χ1v) is 9.86. The summed E-state index contributed by atoms with van der Waals surface area (Å²) >= 11 is 0. The standard InChI is InChI=1S/C21H25N5O2/c1-15-6-2-3-9-17(15)13-25-14-23-19-18(21(25)28)12-24-26(19)11-10-22-20(27)16-7-4-5-8-16/h2-3,6,9,12,14,16H,4-5,7-8,10-11,13H2,1H3,(H,22,27). The number of hydrogen-bond acceptors (Lipinski definition) is 4. The first kappa shape index (κ1) is 18.4. The zero-order chi connectivity index (χ0) is 19.5. The number of nitrogens with one attached hydrogen (secondary N) is 1. The largest absolute Gasteiger partial charge is 0.354 e. The van der Waals surface area contributed by atoms with Gasteiger partial charge in [0.2, 0.25) is 5.91 Å². The number of carbonyl (C=O) groups is 1. The molecule has 1 fully saturated rings. The number of benzene rings is 1. The van der Waals surface area contributed by atoms with Gasteiger partial charge in [0, 0.05) is 12.5 Å². The highest BCUT2D eigenvalue weighted by Gasteiger charge is 2.22. The second-order valence-electron chi connectivity index (χ2n) is 7.48. The van der Waals surface area contributed by atoms with Crippen molar-refractivity contribution >= 4 is 16.9 Å². The van der Waals surface area contributed by atoms with E-state index in [1.807, 2.05) is 31.2 Å². The molecule has 1 saturated carbocycles. The highest BCUT2D eigenvalue weighted by Crippen LogP contribution is 2.24. The Morgan fingerprint density at radius 3 is 2.82 bits per heavy atom. The average molecular weight is 379 g/mol. The van der Waals surface area contributed by atoms with Crippen LogP contribution in [0.3, 0.4) is 0 Å². The molecule has 0 aliphatic heterocycles. The van der Waals surface area contributed by atoms with Gasteiger partial charge in [0.15, 0.2) is 5.65 Å². The number of aryl methyl sites for hydroxylation is 1. The van der Waals surface area contributed by atoms with E-state index in [4.69, 9.17) is 0 Å². The van der Waals surface area contributed by atoms with Crippen LogP contribution in [0.5, 0.6) is 0 Å². The molecule has 0 radical (unpaired) electrons. The summed E-state index contributed by atoms with van der Waals surface area (Å²) in [5.74, 6) is 0.281. The summed E-state index contributed by atoms with van der Waals surface area (Å²) in [6.07, 6.45) is 7.39. The highest BCUT2D eigenvalue weighted by molar-refractivity contribution is 5.78. The molecule has 28 heavy (non-hydrogen) atoms. The molecule has 3 aromatic rings. The van der Waals surface area contributed by atoms with Crippen LogP contribution in [0.15, 0.2) is 41.6 Å². The van der Waals surface area contributed by atoms with Crippen LogP contribution in [0, 0.1) is 12.8 Å². The van der Waals surface area contributed by atoms with Crippen molar-refractivity contribution in [3.05, 3.63) is 58.3 Å². The van der Waals surface area contributed by atoms with Crippen LogP contribution in [0.25, 0.3) is 11.0 Å². The molecule has 146 valence electrons. The lowest BCUT2D eigenvalue weighted by atomic mass is 10.1. The third-order valence-corrected chi connectivity index (χ3v) is 5.57. The summed E-state index contributed by atoms with van der Waals surface area (Å²) in [6.45, 7) is 3.50. The van der Waals surface area contributed by atoms with E-state index in [1.54, 1.807) is 21.8 Å². The van der Waals surface area contributed by atoms with E-state index in [1.165, 1.54) is 0 Å². The smallest absolute Gasteiger partial charge is 0.264 e. The number of carbonyl (C=O) groups excluding carboxylic acids is 1. The Kier molecular flexibility index (Phi) is 5.23. The molecule has 0 bridgehead atoms. The van der Waals surface area contributed by atoms with Gasteiger partial charge in [-0.1, -0.05) is 37.1 Å². The quantitative estimate of drug-likeness (QED) is 0.712. The SMILES string of the molecule is Cc1ccccc1Cn1cnc2c(cnn2CCNC(=O)C2CCCC2)c1=O. The van der Waals surface area contributed by atoms with Gasteiger partial charge >= 0.3 is 0 Å². The molecule has 0 atom stereocenters. The van der Waals surface area contributed by atoms with Crippen molar-refractivity contribution in [2.75, 3.05) is 6.54 Å². The van der Waals surface area contributed by atoms with Crippen LogP contribution in [0.1, 0.15) is 36.8 Å². The van der Waals surface area contributed by atoms with Gasteiger partial charge in [-0.05, 0) is 30.9 Å². The molecule has 1 aliphatic carbocycles. The van der Waals surface area contributed by atoms with Gasteiger partial charge in [-0.25, -0.2) is 9.67 Å². The minimum absolute atomic E-state index is 0.102. The second-order valence-corrected chi connectivity index (χ2v) is 7.48. The molecule has 2 heterocycles. The lowest BCUT2D eigenvalue weighted by Gasteiger charge is -2.11. The molecule has 1 aromatic carbocycles. The van der Waals surface area contributed by atoms with Gasteiger partial charge in [0.05, 0.1) is 19.3 Å². The van der Waals surface area contributed by atoms with Gasteiger partial charge in [0.25, 0.3) is 5.56 Å². The van der Waals surface area contributed by atoms with E-state index in [0.29, 0.717) is 30.7 Å². The summed E-state index contributed by atoms with van der Waals surface area (Å²) < 4.78 is 3.29. The van der Waals surface area contributed by atoms with Crippen molar-refractivity contribution in [2.45, 2.75) is 45.7 Å². The van der Waals surface area contributed by atoms with Crippen LogP contribution in [-0.2, 0) is 17.9 Å². The molecule has 0 saturated heterocycles.